The smallest absolute Gasteiger partial charge is 0.326 e. The van der Waals surface area contributed by atoms with Gasteiger partial charge in [0.05, 0.1) is 19.6 Å². The number of carbonyl (C=O) groups excluding carboxylic acids is 10. The number of aliphatic hydroxyl groups excluding tert-OH is 1. The van der Waals surface area contributed by atoms with Gasteiger partial charge in [0.15, 0.2) is 0 Å². The first-order valence-electron chi connectivity index (χ1n) is 25.4. The number of carbonyl (C=O) groups is 11. The van der Waals surface area contributed by atoms with Crippen LogP contribution in [0.2, 0.25) is 0 Å². The first-order valence-corrected chi connectivity index (χ1v) is 26.8. The van der Waals surface area contributed by atoms with Gasteiger partial charge in [-0.1, -0.05) is 59.7 Å². The van der Waals surface area contributed by atoms with Crippen LogP contribution >= 0.6 is 11.8 Å². The molecule has 25 nitrogen and oxygen atoms in total. The summed E-state index contributed by atoms with van der Waals surface area (Å²) >= 11 is 1.40. The van der Waals surface area contributed by atoms with Gasteiger partial charge in [0.25, 0.3) is 0 Å². The Morgan fingerprint density at radius 3 is 1.86 bits per heavy atom. The molecule has 1 saturated heterocycles. The summed E-state index contributed by atoms with van der Waals surface area (Å²) < 4.78 is 0. The van der Waals surface area contributed by atoms with Crippen LogP contribution in [0.25, 0.3) is 10.9 Å². The number of likely N-dealkylation sites (tertiary alicyclic amines) is 1. The Morgan fingerprint density at radius 2 is 1.29 bits per heavy atom. The highest BCUT2D eigenvalue weighted by Gasteiger charge is 2.38. The number of aliphatic hydroxyl groups is 1. The number of para-hydroxylation sites is 1. The molecule has 1 aliphatic heterocycles. The molecule has 26 heteroatoms. The van der Waals surface area contributed by atoms with Crippen LogP contribution in [-0.2, 0) is 59.2 Å². The van der Waals surface area contributed by atoms with Crippen LogP contribution < -0.4 is 54.0 Å². The van der Waals surface area contributed by atoms with Gasteiger partial charge in [-0.2, -0.15) is 11.8 Å². The molecule has 0 radical (unpaired) electrons. The number of thioether (sulfide) groups is 1. The van der Waals surface area contributed by atoms with Gasteiger partial charge in [0, 0.05) is 30.1 Å². The monoisotopic (exact) mass is 1090 g/mol. The predicted octanol–water partition coefficient (Wildman–Crippen LogP) is -1.99. The zero-order valence-corrected chi connectivity index (χ0v) is 45.3. The number of hydrogen-bond donors (Lipinski definition) is 13. The van der Waals surface area contributed by atoms with Crippen molar-refractivity contribution in [2.45, 2.75) is 148 Å². The number of aromatic nitrogens is 1. The van der Waals surface area contributed by atoms with E-state index in [9.17, 15) is 63.0 Å². The highest BCUT2D eigenvalue weighted by Crippen LogP contribution is 2.21. The maximum Gasteiger partial charge on any atom is 0.326 e. The number of nitrogens with zero attached hydrogens (tertiary/aromatic N) is 1. The lowest BCUT2D eigenvalue weighted by Gasteiger charge is -2.28. The normalized spacial score (nSPS) is 16.5. The Morgan fingerprint density at radius 1 is 0.724 bits per heavy atom. The molecule has 0 unspecified atom stereocenters. The molecule has 0 spiro atoms. The number of carboxylic acids is 1. The van der Waals surface area contributed by atoms with E-state index >= 15 is 0 Å². The van der Waals surface area contributed by atoms with Crippen LogP contribution in [0.1, 0.15) is 92.6 Å². The first-order chi connectivity index (χ1) is 35.8. The third-order valence-electron chi connectivity index (χ3n) is 12.5. The second-order valence-corrected chi connectivity index (χ2v) is 21.1. The first kappa shape index (κ1) is 63.5. The molecule has 10 amide bonds. The zero-order chi connectivity index (χ0) is 57.0. The van der Waals surface area contributed by atoms with Crippen LogP contribution in [-0.4, -0.2) is 171 Å². The van der Waals surface area contributed by atoms with Gasteiger partial charge < -0.3 is 74.1 Å². The number of aliphatic carboxylic acids is 1. The third-order valence-corrected chi connectivity index (χ3v) is 13.1. The van der Waals surface area contributed by atoms with Crippen LogP contribution in [0.5, 0.6) is 0 Å². The lowest BCUT2D eigenvalue weighted by molar-refractivity contribution is -0.143. The number of fused-ring (bicyclic) bond motifs is 1. The van der Waals surface area contributed by atoms with E-state index in [1.165, 1.54) is 23.6 Å². The van der Waals surface area contributed by atoms with E-state index in [2.05, 4.69) is 47.5 Å². The summed E-state index contributed by atoms with van der Waals surface area (Å²) in [6.07, 6.45) is 3.51. The van der Waals surface area contributed by atoms with Gasteiger partial charge >= 0.3 is 5.97 Å². The Labute approximate surface area is 446 Å². The fourth-order valence-corrected chi connectivity index (χ4v) is 8.87. The molecule has 1 fully saturated rings. The molecule has 1 aromatic heterocycles. The third kappa shape index (κ3) is 19.7. The maximum absolute atomic E-state index is 14.4. The molecule has 3 rings (SSSR count). The predicted molar refractivity (Wildman–Crippen MR) is 282 cm³/mol. The van der Waals surface area contributed by atoms with E-state index in [0.29, 0.717) is 28.6 Å². The van der Waals surface area contributed by atoms with Crippen LogP contribution in [0, 0.1) is 17.8 Å². The van der Waals surface area contributed by atoms with E-state index in [4.69, 9.17) is 11.5 Å². The number of aromatic amines is 1. The average molecular weight is 1090 g/mol. The van der Waals surface area contributed by atoms with Gasteiger partial charge in [0.1, 0.15) is 54.4 Å². The Balaban J connectivity index is 1.81. The minimum Gasteiger partial charge on any atom is -0.480 e. The quantitative estimate of drug-likeness (QED) is 0.0389. The molecule has 1 aliphatic rings. The van der Waals surface area contributed by atoms with Gasteiger partial charge in [-0.3, -0.25) is 47.9 Å². The number of rotatable bonds is 31. The fraction of sp³-hybridized carbons (Fsp3) is 0.620. The Kier molecular flexibility index (Phi) is 25.6. The summed E-state index contributed by atoms with van der Waals surface area (Å²) in [7, 11) is 0. The standard InChI is InChI=1S/C50H78N12O13S/c1-25(2)18-34(57-43(67)31(51)24-63)46(70)58-35(19-26(3)4)47(71)59-36(20-29-22-53-32-13-10-9-12-30(29)32)48(72)60-37(21-39(52)64)44(68)54-23-40(65)62-16-11-14-38(62)49(73)56-33(15-17-76-8)45(69)55-28(7)42(66)61-41(27(5)6)50(74)75/h9-10,12-13,22,25-28,31,33-38,41,53,63H,11,14-21,23-24,51H2,1-8H3,(H2,52,64)(H,54,68)(H,55,69)(H,56,73)(H,57,67)(H,58,70)(H,59,71)(H,60,72)(H,61,66)(H,74,75)/t28-,31-,33-,34-,35-,36-,37-,38-,41-/m0/s1. The van der Waals surface area contributed by atoms with E-state index < -0.39 is 145 Å². The summed E-state index contributed by atoms with van der Waals surface area (Å²) in [6, 6.07) is -4.23. The molecule has 0 aliphatic carbocycles. The van der Waals surface area contributed by atoms with E-state index in [-0.39, 0.29) is 50.5 Å². The van der Waals surface area contributed by atoms with Crippen molar-refractivity contribution in [3.05, 3.63) is 36.0 Å². The molecule has 2 heterocycles. The molecule has 76 heavy (non-hydrogen) atoms. The molecule has 2 aromatic rings. The number of H-pyrrole nitrogens is 1. The minimum atomic E-state index is -1.67. The number of hydrogen-bond acceptors (Lipinski definition) is 14. The largest absolute Gasteiger partial charge is 0.480 e. The van der Waals surface area contributed by atoms with E-state index in [0.717, 1.165) is 0 Å². The second-order valence-electron chi connectivity index (χ2n) is 20.1. The summed E-state index contributed by atoms with van der Waals surface area (Å²) in [5.74, 6) is -9.61. The van der Waals surface area contributed by atoms with Crippen molar-refractivity contribution in [3.63, 3.8) is 0 Å². The summed E-state index contributed by atoms with van der Waals surface area (Å²) in [5.41, 5.74) is 12.5. The Hall–Kier alpha value is -6.80. The van der Waals surface area contributed by atoms with Gasteiger partial charge in [-0.05, 0) is 80.4 Å². The lowest BCUT2D eigenvalue weighted by atomic mass is 9.98. The minimum absolute atomic E-state index is 0.0850. The summed E-state index contributed by atoms with van der Waals surface area (Å²) in [6.45, 7) is 10.6. The molecule has 0 bridgehead atoms. The number of nitrogens with one attached hydrogen (secondary N) is 9. The number of nitrogens with two attached hydrogens (primary N) is 2. The molecule has 422 valence electrons. The van der Waals surface area contributed by atoms with Crippen molar-refractivity contribution in [3.8, 4) is 0 Å². The highest BCUT2D eigenvalue weighted by atomic mass is 32.2. The van der Waals surface area contributed by atoms with Crippen molar-refractivity contribution in [1.82, 2.24) is 52.4 Å². The summed E-state index contributed by atoms with van der Waals surface area (Å²) in [4.78, 5) is 151. The van der Waals surface area contributed by atoms with Crippen LogP contribution in [0.4, 0.5) is 0 Å². The van der Waals surface area contributed by atoms with E-state index in [1.54, 1.807) is 64.4 Å². The molecule has 15 N–H and O–H groups in total. The number of benzene rings is 1. The number of primary amides is 1. The topological polar surface area (TPSA) is 396 Å². The maximum atomic E-state index is 14.4. The van der Waals surface area contributed by atoms with Crippen LogP contribution in [0.15, 0.2) is 30.5 Å². The fourth-order valence-electron chi connectivity index (χ4n) is 8.39. The van der Waals surface area contributed by atoms with E-state index in [1.807, 2.05) is 13.8 Å². The highest BCUT2D eigenvalue weighted by molar-refractivity contribution is 7.98. The SMILES string of the molecule is CSCC[C@H](NC(=O)[C@@H]1CCCN1C(=O)CNC(=O)[C@H](CC(N)=O)NC(=O)[C@H](Cc1c[nH]c2ccccc12)NC(=O)[C@H](CC(C)C)NC(=O)[C@H](CC(C)C)NC(=O)[C@@H](N)CO)C(=O)N[C@@H](C)C(=O)N[C@H](C(=O)O)C(C)C. The van der Waals surface area contributed by atoms with Gasteiger partial charge in [-0.15, -0.1) is 0 Å². The Bertz CT molecular complexity index is 2380. The average Bonchev–Trinajstić information content (AvgIpc) is 4.02. The van der Waals surface area contributed by atoms with Crippen molar-refractivity contribution < 1.29 is 63.0 Å². The molecule has 9 atom stereocenters. The van der Waals surface area contributed by atoms with Crippen molar-refractivity contribution in [2.75, 3.05) is 31.7 Å². The molecular weight excluding hydrogens is 1010 g/mol. The molecule has 1 aromatic carbocycles. The van der Waals surface area contributed by atoms with Crippen molar-refractivity contribution >= 4 is 87.7 Å². The summed E-state index contributed by atoms with van der Waals surface area (Å²) in [5, 5.41) is 40.1. The molecular formula is C50H78N12O13S. The van der Waals surface area contributed by atoms with Gasteiger partial charge in [-0.25, -0.2) is 4.79 Å². The van der Waals surface area contributed by atoms with Gasteiger partial charge in [0.2, 0.25) is 59.1 Å². The van der Waals surface area contributed by atoms with Crippen molar-refractivity contribution in [2.24, 2.45) is 29.2 Å². The zero-order valence-electron chi connectivity index (χ0n) is 44.5. The number of carboxylic acid groups (broad SMARTS) is 1. The van der Waals surface area contributed by atoms with Crippen molar-refractivity contribution in [1.29, 1.82) is 0 Å². The molecule has 0 saturated carbocycles. The number of amides is 10. The van der Waals surface area contributed by atoms with Crippen LogP contribution in [0.3, 0.4) is 0 Å². The lowest BCUT2D eigenvalue weighted by Crippen LogP contribution is -2.60. The second kappa shape index (κ2) is 30.7.